The highest BCUT2D eigenvalue weighted by Gasteiger charge is 2.30. The lowest BCUT2D eigenvalue weighted by atomic mass is 10.2. The van der Waals surface area contributed by atoms with E-state index < -0.39 is 0 Å². The summed E-state index contributed by atoms with van der Waals surface area (Å²) in [4.78, 5) is 4.09. The molecule has 1 aliphatic carbocycles. The molecule has 0 saturated heterocycles. The Morgan fingerprint density at radius 1 is 1.75 bits per heavy atom. The molecule has 12 heavy (non-hydrogen) atoms. The van der Waals surface area contributed by atoms with Crippen molar-refractivity contribution in [1.29, 1.82) is 0 Å². The zero-order chi connectivity index (χ0) is 8.55. The number of hydrogen-bond acceptors (Lipinski definition) is 2. The first-order valence-corrected chi connectivity index (χ1v) is 4.80. The smallest absolute Gasteiger partial charge is 0.142 e. The van der Waals surface area contributed by atoms with E-state index in [4.69, 9.17) is 11.6 Å². The lowest BCUT2D eigenvalue weighted by Gasteiger charge is -2.11. The lowest BCUT2D eigenvalue weighted by Crippen LogP contribution is -2.11. The van der Waals surface area contributed by atoms with Gasteiger partial charge in [-0.1, -0.05) is 0 Å². The van der Waals surface area contributed by atoms with Crippen molar-refractivity contribution < 1.29 is 0 Å². The number of alkyl halides is 1. The van der Waals surface area contributed by atoms with Crippen molar-refractivity contribution in [3.05, 3.63) is 12.2 Å². The van der Waals surface area contributed by atoms with E-state index in [1.807, 2.05) is 4.68 Å². The number of aromatic nitrogens is 3. The van der Waals surface area contributed by atoms with E-state index in [9.17, 15) is 0 Å². The highest BCUT2D eigenvalue weighted by atomic mass is 35.5. The van der Waals surface area contributed by atoms with Crippen molar-refractivity contribution in [2.75, 3.05) is 0 Å². The van der Waals surface area contributed by atoms with Crippen LogP contribution in [0.3, 0.4) is 0 Å². The van der Waals surface area contributed by atoms with E-state index in [0.717, 1.165) is 11.7 Å². The van der Waals surface area contributed by atoms with Crippen LogP contribution in [0.5, 0.6) is 0 Å². The molecule has 1 aliphatic rings. The standard InChI is InChI=1S/C8H12ClN3/c1-6(7-2-3-7)12-8(4-9)10-5-11-12/h5-7H,2-4H2,1H3. The average Bonchev–Trinajstić information content (AvgIpc) is 2.82. The normalized spacial score (nSPS) is 19.5. The maximum absolute atomic E-state index is 5.72. The molecule has 66 valence electrons. The zero-order valence-electron chi connectivity index (χ0n) is 7.07. The maximum atomic E-state index is 5.72. The summed E-state index contributed by atoms with van der Waals surface area (Å²) in [5, 5.41) is 4.17. The van der Waals surface area contributed by atoms with Gasteiger partial charge in [0.15, 0.2) is 0 Å². The quantitative estimate of drug-likeness (QED) is 0.675. The van der Waals surface area contributed by atoms with Crippen molar-refractivity contribution in [2.45, 2.75) is 31.7 Å². The van der Waals surface area contributed by atoms with Crippen molar-refractivity contribution in [3.8, 4) is 0 Å². The molecule has 1 aromatic rings. The summed E-state index contributed by atoms with van der Waals surface area (Å²) in [6, 6.07) is 0.473. The fourth-order valence-electron chi connectivity index (χ4n) is 1.49. The maximum Gasteiger partial charge on any atom is 0.142 e. The van der Waals surface area contributed by atoms with Crippen LogP contribution in [-0.2, 0) is 5.88 Å². The van der Waals surface area contributed by atoms with Crippen LogP contribution in [0.1, 0.15) is 31.6 Å². The van der Waals surface area contributed by atoms with Crippen molar-refractivity contribution >= 4 is 11.6 Å². The number of rotatable bonds is 3. The molecule has 1 aromatic heterocycles. The summed E-state index contributed by atoms with van der Waals surface area (Å²) in [7, 11) is 0. The molecule has 1 saturated carbocycles. The lowest BCUT2D eigenvalue weighted by molar-refractivity contribution is 0.428. The number of hydrogen-bond donors (Lipinski definition) is 0. The average molecular weight is 186 g/mol. The summed E-state index contributed by atoms with van der Waals surface area (Å²) in [6.07, 6.45) is 4.22. The second-order valence-electron chi connectivity index (χ2n) is 3.33. The minimum atomic E-state index is 0.455. The Morgan fingerprint density at radius 3 is 3.08 bits per heavy atom. The van der Waals surface area contributed by atoms with Crippen LogP contribution in [0.2, 0.25) is 0 Å². The fourth-order valence-corrected chi connectivity index (χ4v) is 1.68. The molecule has 1 fully saturated rings. The summed E-state index contributed by atoms with van der Waals surface area (Å²) in [5.41, 5.74) is 0. The molecule has 3 nitrogen and oxygen atoms in total. The Labute approximate surface area is 76.7 Å². The minimum Gasteiger partial charge on any atom is -0.246 e. The molecule has 1 heterocycles. The third-order valence-electron chi connectivity index (χ3n) is 2.46. The molecular formula is C8H12ClN3. The number of nitrogens with zero attached hydrogens (tertiary/aromatic N) is 3. The Balaban J connectivity index is 2.19. The van der Waals surface area contributed by atoms with Crippen molar-refractivity contribution in [1.82, 2.24) is 14.8 Å². The van der Waals surface area contributed by atoms with Gasteiger partial charge >= 0.3 is 0 Å². The van der Waals surface area contributed by atoms with Gasteiger partial charge in [0.05, 0.1) is 11.9 Å². The first-order valence-electron chi connectivity index (χ1n) is 4.27. The molecule has 0 radical (unpaired) electrons. The molecule has 1 atom stereocenters. The zero-order valence-corrected chi connectivity index (χ0v) is 7.83. The largest absolute Gasteiger partial charge is 0.246 e. The predicted octanol–water partition coefficient (Wildman–Crippen LogP) is 1.99. The molecule has 0 N–H and O–H groups in total. The summed E-state index contributed by atoms with van der Waals surface area (Å²) in [6.45, 7) is 2.18. The van der Waals surface area contributed by atoms with Crippen LogP contribution < -0.4 is 0 Å². The van der Waals surface area contributed by atoms with E-state index in [1.54, 1.807) is 6.33 Å². The Hall–Kier alpha value is -0.570. The SMILES string of the molecule is CC(C1CC1)n1ncnc1CCl. The van der Waals surface area contributed by atoms with Crippen LogP contribution in [-0.4, -0.2) is 14.8 Å². The van der Waals surface area contributed by atoms with Gasteiger partial charge in [-0.05, 0) is 25.7 Å². The first kappa shape index (κ1) is 8.05. The van der Waals surface area contributed by atoms with E-state index >= 15 is 0 Å². The van der Waals surface area contributed by atoms with Gasteiger partial charge < -0.3 is 0 Å². The van der Waals surface area contributed by atoms with Gasteiger partial charge in [0.25, 0.3) is 0 Å². The Morgan fingerprint density at radius 2 is 2.50 bits per heavy atom. The fraction of sp³-hybridized carbons (Fsp3) is 0.750. The molecule has 0 bridgehead atoms. The van der Waals surface area contributed by atoms with Crippen LogP contribution >= 0.6 is 11.6 Å². The van der Waals surface area contributed by atoms with Gasteiger partial charge in [-0.15, -0.1) is 11.6 Å². The molecule has 4 heteroatoms. The van der Waals surface area contributed by atoms with Gasteiger partial charge in [0.2, 0.25) is 0 Å². The van der Waals surface area contributed by atoms with Gasteiger partial charge in [-0.3, -0.25) is 0 Å². The monoisotopic (exact) mass is 185 g/mol. The molecule has 0 amide bonds. The molecular weight excluding hydrogens is 174 g/mol. The van der Waals surface area contributed by atoms with Crippen LogP contribution in [0.15, 0.2) is 6.33 Å². The topological polar surface area (TPSA) is 30.7 Å². The van der Waals surface area contributed by atoms with Crippen LogP contribution in [0, 0.1) is 5.92 Å². The van der Waals surface area contributed by atoms with Gasteiger partial charge in [0.1, 0.15) is 12.2 Å². The Kier molecular flexibility index (Phi) is 2.05. The highest BCUT2D eigenvalue weighted by Crippen LogP contribution is 2.39. The highest BCUT2D eigenvalue weighted by molar-refractivity contribution is 6.16. The molecule has 0 spiro atoms. The van der Waals surface area contributed by atoms with E-state index in [1.165, 1.54) is 12.8 Å². The molecule has 2 rings (SSSR count). The van der Waals surface area contributed by atoms with Gasteiger partial charge in [0, 0.05) is 0 Å². The van der Waals surface area contributed by atoms with Gasteiger partial charge in [-0.2, -0.15) is 5.10 Å². The van der Waals surface area contributed by atoms with Crippen molar-refractivity contribution in [2.24, 2.45) is 5.92 Å². The molecule has 0 aliphatic heterocycles. The first-order chi connectivity index (χ1) is 5.83. The minimum absolute atomic E-state index is 0.455. The summed E-state index contributed by atoms with van der Waals surface area (Å²) >= 11 is 5.72. The predicted molar refractivity (Wildman–Crippen MR) is 47.0 cm³/mol. The Bertz CT molecular complexity index is 267. The van der Waals surface area contributed by atoms with Gasteiger partial charge in [-0.25, -0.2) is 9.67 Å². The molecule has 0 aromatic carbocycles. The second-order valence-corrected chi connectivity index (χ2v) is 3.60. The van der Waals surface area contributed by atoms with Crippen LogP contribution in [0.4, 0.5) is 0 Å². The van der Waals surface area contributed by atoms with E-state index in [0.29, 0.717) is 11.9 Å². The second kappa shape index (κ2) is 3.05. The van der Waals surface area contributed by atoms with Crippen LogP contribution in [0.25, 0.3) is 0 Å². The third kappa shape index (κ3) is 1.33. The van der Waals surface area contributed by atoms with E-state index in [2.05, 4.69) is 17.0 Å². The third-order valence-corrected chi connectivity index (χ3v) is 2.70. The molecule has 1 unspecified atom stereocenters. The number of halogens is 1. The van der Waals surface area contributed by atoms with Crippen molar-refractivity contribution in [3.63, 3.8) is 0 Å². The summed E-state index contributed by atoms with van der Waals surface area (Å²) < 4.78 is 1.95. The van der Waals surface area contributed by atoms with E-state index in [-0.39, 0.29) is 0 Å². The summed E-state index contributed by atoms with van der Waals surface area (Å²) in [5.74, 6) is 2.14.